The third-order valence-corrected chi connectivity index (χ3v) is 3.98. The topological polar surface area (TPSA) is 71.8 Å². The number of rotatable bonds is 6. The molecule has 0 amide bonds. The van der Waals surface area contributed by atoms with E-state index < -0.39 is 11.4 Å². The number of ether oxygens (including phenoxy) is 1. The quantitative estimate of drug-likeness (QED) is 0.882. The van der Waals surface area contributed by atoms with Crippen LogP contribution < -0.4 is 10.2 Å². The zero-order chi connectivity index (χ0) is 16.6. The number of carboxylic acid groups (broad SMARTS) is 1. The number of pyridine rings is 1. The lowest BCUT2D eigenvalue weighted by Crippen LogP contribution is -2.21. The molecule has 3 rings (SSSR count). The monoisotopic (exact) mass is 316 g/mol. The van der Waals surface area contributed by atoms with E-state index in [2.05, 4.69) is 0 Å². The molecule has 6 nitrogen and oxygen atoms in total. The number of hydrogen-bond acceptors (Lipinski definition) is 4. The van der Waals surface area contributed by atoms with Gasteiger partial charge in [0.1, 0.15) is 17.9 Å². The molecule has 0 atom stereocenters. The summed E-state index contributed by atoms with van der Waals surface area (Å²) in [6, 6.07) is 5.48. The molecule has 0 spiro atoms. The molecule has 0 aliphatic heterocycles. The normalized spacial score (nSPS) is 14.4. The summed E-state index contributed by atoms with van der Waals surface area (Å²) in [7, 11) is 3.93. The second-order valence-electron chi connectivity index (χ2n) is 6.12. The summed E-state index contributed by atoms with van der Waals surface area (Å²) in [4.78, 5) is 25.8. The molecule has 6 heteroatoms. The third kappa shape index (κ3) is 3.07. The summed E-state index contributed by atoms with van der Waals surface area (Å²) in [6.07, 6.45) is 3.44. The molecule has 0 bridgehead atoms. The summed E-state index contributed by atoms with van der Waals surface area (Å²) in [5.74, 6) is -0.560. The molecule has 1 aliphatic carbocycles. The van der Waals surface area contributed by atoms with Crippen molar-refractivity contribution in [2.45, 2.75) is 18.9 Å². The number of carbonyl (C=O) groups is 1. The molecular weight excluding hydrogens is 296 g/mol. The van der Waals surface area contributed by atoms with Crippen molar-refractivity contribution in [3.05, 3.63) is 40.2 Å². The van der Waals surface area contributed by atoms with Crippen LogP contribution in [0.4, 0.5) is 0 Å². The molecular formula is C17H20N2O4. The summed E-state index contributed by atoms with van der Waals surface area (Å²) < 4.78 is 7.75. The molecule has 1 aromatic carbocycles. The summed E-state index contributed by atoms with van der Waals surface area (Å²) in [5, 5.41) is 9.68. The lowest BCUT2D eigenvalue weighted by atomic mass is 10.1. The Labute approximate surface area is 133 Å². The fraction of sp³-hybridized carbons (Fsp3) is 0.412. The minimum Gasteiger partial charge on any atom is -0.490 e. The van der Waals surface area contributed by atoms with Gasteiger partial charge in [-0.05, 0) is 39.1 Å². The van der Waals surface area contributed by atoms with Gasteiger partial charge in [0.05, 0.1) is 10.9 Å². The van der Waals surface area contributed by atoms with E-state index in [1.54, 1.807) is 12.1 Å². The number of benzene rings is 1. The van der Waals surface area contributed by atoms with Crippen molar-refractivity contribution >= 4 is 16.9 Å². The molecule has 1 N–H and O–H groups in total. The zero-order valence-electron chi connectivity index (χ0n) is 13.3. The van der Waals surface area contributed by atoms with Gasteiger partial charge in [0, 0.05) is 18.8 Å². The molecule has 2 aromatic rings. The largest absolute Gasteiger partial charge is 0.490 e. The van der Waals surface area contributed by atoms with Crippen LogP contribution in [0.3, 0.4) is 0 Å². The maximum atomic E-state index is 12.4. The van der Waals surface area contributed by atoms with Gasteiger partial charge in [-0.3, -0.25) is 4.79 Å². The fourth-order valence-electron chi connectivity index (χ4n) is 2.63. The van der Waals surface area contributed by atoms with Gasteiger partial charge in [-0.25, -0.2) is 4.79 Å². The minimum absolute atomic E-state index is 0.185. The first-order valence-electron chi connectivity index (χ1n) is 7.67. The van der Waals surface area contributed by atoms with E-state index >= 15 is 0 Å². The van der Waals surface area contributed by atoms with Crippen LogP contribution in [0.1, 0.15) is 29.2 Å². The predicted octanol–water partition coefficient (Wildman–Crippen LogP) is 1.97. The molecule has 0 unspecified atom stereocenters. The van der Waals surface area contributed by atoms with Crippen molar-refractivity contribution in [1.82, 2.24) is 9.47 Å². The number of para-hydroxylation sites is 1. The van der Waals surface area contributed by atoms with Crippen molar-refractivity contribution in [2.24, 2.45) is 0 Å². The standard InChI is InChI=1S/C17H20N2O4/c1-18(2)8-9-23-14-5-3-4-12-15(14)19(11-6-7-11)10-13(16(12)20)17(21)22/h3-5,10-11H,6-9H2,1-2H3,(H,21,22). The lowest BCUT2D eigenvalue weighted by molar-refractivity contribution is 0.0695. The van der Waals surface area contributed by atoms with E-state index in [4.69, 9.17) is 4.74 Å². The summed E-state index contributed by atoms with van der Waals surface area (Å²) in [6.45, 7) is 1.27. The van der Waals surface area contributed by atoms with Crippen LogP contribution in [0.5, 0.6) is 5.75 Å². The smallest absolute Gasteiger partial charge is 0.341 e. The second kappa shape index (κ2) is 6.04. The lowest BCUT2D eigenvalue weighted by Gasteiger charge is -2.17. The van der Waals surface area contributed by atoms with E-state index in [1.807, 2.05) is 29.6 Å². The minimum atomic E-state index is -1.19. The molecule has 1 fully saturated rings. The number of hydrogen-bond donors (Lipinski definition) is 1. The highest BCUT2D eigenvalue weighted by molar-refractivity contribution is 5.94. The Balaban J connectivity index is 2.13. The van der Waals surface area contributed by atoms with Gasteiger partial charge in [0.25, 0.3) is 0 Å². The van der Waals surface area contributed by atoms with Crippen LogP contribution >= 0.6 is 0 Å². The van der Waals surface area contributed by atoms with E-state index in [-0.39, 0.29) is 11.6 Å². The molecule has 0 saturated heterocycles. The predicted molar refractivity (Wildman–Crippen MR) is 87.5 cm³/mol. The Kier molecular flexibility index (Phi) is 4.09. The van der Waals surface area contributed by atoms with Gasteiger partial charge < -0.3 is 19.3 Å². The van der Waals surface area contributed by atoms with Crippen LogP contribution in [0.15, 0.2) is 29.2 Å². The van der Waals surface area contributed by atoms with Crippen LogP contribution in [-0.4, -0.2) is 47.8 Å². The molecule has 1 aliphatic rings. The van der Waals surface area contributed by atoms with Gasteiger partial charge in [0.15, 0.2) is 0 Å². The van der Waals surface area contributed by atoms with Crippen LogP contribution in [0.2, 0.25) is 0 Å². The van der Waals surface area contributed by atoms with Crippen molar-refractivity contribution in [3.63, 3.8) is 0 Å². The first-order valence-corrected chi connectivity index (χ1v) is 7.67. The van der Waals surface area contributed by atoms with E-state index in [1.165, 1.54) is 6.20 Å². The maximum absolute atomic E-state index is 12.4. The van der Waals surface area contributed by atoms with E-state index in [0.29, 0.717) is 23.3 Å². The highest BCUT2D eigenvalue weighted by Gasteiger charge is 2.28. The second-order valence-corrected chi connectivity index (χ2v) is 6.12. The Hall–Kier alpha value is -2.34. The molecule has 1 saturated carbocycles. The first-order chi connectivity index (χ1) is 11.0. The van der Waals surface area contributed by atoms with Gasteiger partial charge in [-0.2, -0.15) is 0 Å². The maximum Gasteiger partial charge on any atom is 0.341 e. The Morgan fingerprint density at radius 2 is 2.13 bits per heavy atom. The van der Waals surface area contributed by atoms with Crippen LogP contribution in [0.25, 0.3) is 10.9 Å². The number of aromatic carboxylic acids is 1. The van der Waals surface area contributed by atoms with Crippen LogP contribution in [-0.2, 0) is 0 Å². The Morgan fingerprint density at radius 1 is 1.39 bits per heavy atom. The number of aromatic nitrogens is 1. The van der Waals surface area contributed by atoms with Crippen molar-refractivity contribution < 1.29 is 14.6 Å². The summed E-state index contributed by atoms with van der Waals surface area (Å²) >= 11 is 0. The van der Waals surface area contributed by atoms with Gasteiger partial charge in [-0.15, -0.1) is 0 Å². The highest BCUT2D eigenvalue weighted by Crippen LogP contribution is 2.39. The van der Waals surface area contributed by atoms with E-state index in [9.17, 15) is 14.7 Å². The summed E-state index contributed by atoms with van der Waals surface area (Å²) in [5.41, 5.74) is 0.0565. The number of nitrogens with zero attached hydrogens (tertiary/aromatic N) is 2. The SMILES string of the molecule is CN(C)CCOc1cccc2c(=O)c(C(=O)O)cn(C3CC3)c12. The highest BCUT2D eigenvalue weighted by atomic mass is 16.5. The van der Waals surface area contributed by atoms with Crippen LogP contribution in [0, 0.1) is 0 Å². The van der Waals surface area contributed by atoms with Crippen molar-refractivity contribution in [3.8, 4) is 5.75 Å². The molecule has 23 heavy (non-hydrogen) atoms. The first kappa shape index (κ1) is 15.6. The van der Waals surface area contributed by atoms with Crippen molar-refractivity contribution in [1.29, 1.82) is 0 Å². The van der Waals surface area contributed by atoms with Gasteiger partial charge in [0.2, 0.25) is 5.43 Å². The fourth-order valence-corrected chi connectivity index (χ4v) is 2.63. The van der Waals surface area contributed by atoms with Gasteiger partial charge in [-0.1, -0.05) is 6.07 Å². The van der Waals surface area contributed by atoms with Crippen molar-refractivity contribution in [2.75, 3.05) is 27.2 Å². The van der Waals surface area contributed by atoms with Gasteiger partial charge >= 0.3 is 5.97 Å². The number of carboxylic acids is 1. The van der Waals surface area contributed by atoms with E-state index in [0.717, 1.165) is 19.4 Å². The number of fused-ring (bicyclic) bond motifs is 1. The number of likely N-dealkylation sites (N-methyl/N-ethyl adjacent to an activating group) is 1. The molecule has 1 aromatic heterocycles. The average Bonchev–Trinajstić information content (AvgIpc) is 3.32. The molecule has 122 valence electrons. The average molecular weight is 316 g/mol. The third-order valence-electron chi connectivity index (χ3n) is 3.98. The molecule has 0 radical (unpaired) electrons. The molecule has 1 heterocycles. The Bertz CT molecular complexity index is 806. The zero-order valence-corrected chi connectivity index (χ0v) is 13.3. The Morgan fingerprint density at radius 3 is 2.74 bits per heavy atom.